The minimum atomic E-state index is -0.233. The van der Waals surface area contributed by atoms with Gasteiger partial charge in [0.05, 0.1) is 6.21 Å². The highest BCUT2D eigenvalue weighted by molar-refractivity contribution is 8.14. The molecular weight excluding hydrogens is 250 g/mol. The summed E-state index contributed by atoms with van der Waals surface area (Å²) in [6.07, 6.45) is 1.35. The molecule has 0 spiro atoms. The summed E-state index contributed by atoms with van der Waals surface area (Å²) in [5, 5.41) is 11.9. The Morgan fingerprint density at radius 3 is 2.72 bits per heavy atom. The smallest absolute Gasteiger partial charge is 0.261 e. The van der Waals surface area contributed by atoms with Gasteiger partial charge in [0.1, 0.15) is 0 Å². The molecule has 18 heavy (non-hydrogen) atoms. The summed E-state index contributed by atoms with van der Waals surface area (Å²) >= 11 is 0.913. The number of oxime groups is 1. The van der Waals surface area contributed by atoms with E-state index in [1.165, 1.54) is 6.21 Å². The van der Waals surface area contributed by atoms with E-state index < -0.39 is 0 Å². The Labute approximate surface area is 110 Å². The minimum Gasteiger partial charge on any atom is -0.410 e. The van der Waals surface area contributed by atoms with Crippen molar-refractivity contribution in [1.29, 1.82) is 0 Å². The van der Waals surface area contributed by atoms with Gasteiger partial charge in [-0.1, -0.05) is 22.9 Å². The van der Waals surface area contributed by atoms with E-state index in [1.807, 2.05) is 26.0 Å². The van der Waals surface area contributed by atoms with Crippen LogP contribution < -0.4 is 4.72 Å². The van der Waals surface area contributed by atoms with Gasteiger partial charge in [-0.15, -0.1) is 0 Å². The Morgan fingerprint density at radius 1 is 1.44 bits per heavy atom. The van der Waals surface area contributed by atoms with E-state index in [9.17, 15) is 4.79 Å². The third kappa shape index (κ3) is 3.89. The van der Waals surface area contributed by atoms with Gasteiger partial charge in [0, 0.05) is 24.6 Å². The molecule has 0 atom stereocenters. The average molecular weight is 265 g/mol. The van der Waals surface area contributed by atoms with E-state index in [1.54, 1.807) is 13.1 Å². The fourth-order valence-corrected chi connectivity index (χ4v) is 1.91. The highest BCUT2D eigenvalue weighted by atomic mass is 32.2. The lowest BCUT2D eigenvalue weighted by Crippen LogP contribution is -2.19. The van der Waals surface area contributed by atoms with Crippen LogP contribution in [0, 0.1) is 13.8 Å². The molecule has 0 heterocycles. The van der Waals surface area contributed by atoms with Crippen LogP contribution in [0.3, 0.4) is 0 Å². The quantitative estimate of drug-likeness (QED) is 0.283. The van der Waals surface area contributed by atoms with Gasteiger partial charge in [0.15, 0.2) is 5.04 Å². The van der Waals surface area contributed by atoms with Crippen molar-refractivity contribution in [3.63, 3.8) is 0 Å². The van der Waals surface area contributed by atoms with Gasteiger partial charge in [0.2, 0.25) is 0 Å². The van der Waals surface area contributed by atoms with E-state index in [-0.39, 0.29) is 11.0 Å². The highest BCUT2D eigenvalue weighted by Gasteiger charge is 2.10. The lowest BCUT2D eigenvalue weighted by Gasteiger charge is -2.06. The molecule has 1 aromatic carbocycles. The summed E-state index contributed by atoms with van der Waals surface area (Å²) < 4.78 is 2.59. The monoisotopic (exact) mass is 265 g/mol. The first-order chi connectivity index (χ1) is 8.58. The molecule has 1 rings (SSSR count). The number of aliphatic imine (C=N–C) groups is 1. The molecule has 0 bridgehead atoms. The van der Waals surface area contributed by atoms with Gasteiger partial charge in [-0.2, -0.15) is 0 Å². The predicted molar refractivity (Wildman–Crippen MR) is 74.6 cm³/mol. The maximum atomic E-state index is 11.9. The maximum absolute atomic E-state index is 11.9. The fraction of sp³-hybridized carbons (Fsp3) is 0.250. The molecule has 0 aromatic heterocycles. The normalized spacial score (nSPS) is 11.8. The van der Waals surface area contributed by atoms with Crippen LogP contribution in [0.5, 0.6) is 0 Å². The van der Waals surface area contributed by atoms with Gasteiger partial charge < -0.3 is 5.21 Å². The third-order valence-corrected chi connectivity index (χ3v) is 2.90. The summed E-state index contributed by atoms with van der Waals surface area (Å²) in [7, 11) is 1.55. The van der Waals surface area contributed by atoms with E-state index in [0.29, 0.717) is 5.56 Å². The summed E-state index contributed by atoms with van der Waals surface area (Å²) in [5.74, 6) is -0.233. The van der Waals surface area contributed by atoms with Crippen LogP contribution in [-0.2, 0) is 0 Å². The molecule has 96 valence electrons. The molecule has 0 saturated heterocycles. The number of aryl methyl sites for hydroxylation is 2. The third-order valence-electron chi connectivity index (χ3n) is 2.21. The molecule has 0 aliphatic heterocycles. The Balaban J connectivity index is 2.71. The van der Waals surface area contributed by atoms with Crippen molar-refractivity contribution in [2.24, 2.45) is 10.1 Å². The predicted octanol–water partition coefficient (Wildman–Crippen LogP) is 2.17. The fourth-order valence-electron chi connectivity index (χ4n) is 1.40. The van der Waals surface area contributed by atoms with Crippen LogP contribution in [0.25, 0.3) is 0 Å². The van der Waals surface area contributed by atoms with Gasteiger partial charge in [0.25, 0.3) is 5.91 Å². The molecule has 0 fully saturated rings. The first kappa shape index (κ1) is 14.2. The zero-order chi connectivity index (χ0) is 13.5. The van der Waals surface area contributed by atoms with Crippen LogP contribution in [0.15, 0.2) is 28.3 Å². The number of hydrogen-bond donors (Lipinski definition) is 2. The van der Waals surface area contributed by atoms with Crippen LogP contribution in [-0.4, -0.2) is 29.4 Å². The maximum Gasteiger partial charge on any atom is 0.261 e. The number of nitrogens with one attached hydrogen (secondary N) is 1. The molecule has 0 aliphatic rings. The first-order valence-corrected chi connectivity index (χ1v) is 6.08. The van der Waals surface area contributed by atoms with E-state index in [4.69, 9.17) is 5.21 Å². The lowest BCUT2D eigenvalue weighted by molar-refractivity contribution is 0.0984. The van der Waals surface area contributed by atoms with Gasteiger partial charge >= 0.3 is 0 Å². The van der Waals surface area contributed by atoms with Crippen molar-refractivity contribution in [1.82, 2.24) is 4.72 Å². The van der Waals surface area contributed by atoms with Crippen molar-refractivity contribution < 1.29 is 10.0 Å². The second-order valence-corrected chi connectivity index (χ2v) is 4.50. The number of benzene rings is 1. The number of amides is 1. The van der Waals surface area contributed by atoms with Crippen molar-refractivity contribution >= 4 is 29.1 Å². The van der Waals surface area contributed by atoms with Crippen molar-refractivity contribution in [2.45, 2.75) is 13.8 Å². The molecule has 5 nitrogen and oxygen atoms in total. The zero-order valence-electron chi connectivity index (χ0n) is 10.5. The van der Waals surface area contributed by atoms with E-state index in [0.717, 1.165) is 23.1 Å². The number of rotatable bonds is 2. The number of hydrogen-bond acceptors (Lipinski definition) is 5. The van der Waals surface area contributed by atoms with Gasteiger partial charge in [-0.05, 0) is 25.5 Å². The molecule has 0 saturated carbocycles. The average Bonchev–Trinajstić information content (AvgIpc) is 2.34. The standard InChI is InChI=1S/C12H15N3O2S/c1-8-4-5-10(9(2)6-8)12(16)15-18-11(14-17)7-13-3/h4-7,17H,1-3H3,(H,15,16). The summed E-state index contributed by atoms with van der Waals surface area (Å²) in [6, 6.07) is 5.58. The molecule has 6 heteroatoms. The van der Waals surface area contributed by atoms with Crippen LogP contribution in [0.1, 0.15) is 21.5 Å². The minimum absolute atomic E-state index is 0.218. The molecule has 0 unspecified atom stereocenters. The summed E-state index contributed by atoms with van der Waals surface area (Å²) in [4.78, 5) is 15.6. The second kappa shape index (κ2) is 6.80. The summed E-state index contributed by atoms with van der Waals surface area (Å²) in [5.41, 5.74) is 2.60. The summed E-state index contributed by atoms with van der Waals surface area (Å²) in [6.45, 7) is 3.85. The molecule has 0 aliphatic carbocycles. The Kier molecular flexibility index (Phi) is 5.38. The first-order valence-electron chi connectivity index (χ1n) is 5.27. The topological polar surface area (TPSA) is 74.1 Å². The largest absolute Gasteiger partial charge is 0.410 e. The second-order valence-electron chi connectivity index (χ2n) is 3.68. The Hall–Kier alpha value is -1.82. The number of carbonyl (C=O) groups is 1. The molecule has 2 N–H and O–H groups in total. The van der Waals surface area contributed by atoms with Crippen molar-refractivity contribution in [2.75, 3.05) is 7.05 Å². The lowest BCUT2D eigenvalue weighted by atomic mass is 10.1. The number of carbonyl (C=O) groups excluding carboxylic acids is 1. The SMILES string of the molecule is CN=CC(=NO)SNC(=O)c1ccc(C)cc1C. The molecule has 0 radical (unpaired) electrons. The highest BCUT2D eigenvalue weighted by Crippen LogP contribution is 2.11. The van der Waals surface area contributed by atoms with Crippen molar-refractivity contribution in [3.8, 4) is 0 Å². The Morgan fingerprint density at radius 2 is 2.17 bits per heavy atom. The van der Waals surface area contributed by atoms with E-state index >= 15 is 0 Å². The van der Waals surface area contributed by atoms with Gasteiger partial charge in [-0.3, -0.25) is 14.5 Å². The van der Waals surface area contributed by atoms with Crippen LogP contribution >= 0.6 is 11.9 Å². The van der Waals surface area contributed by atoms with Crippen LogP contribution in [0.4, 0.5) is 0 Å². The molecular formula is C12H15N3O2S. The Bertz CT molecular complexity index is 498. The number of nitrogens with zero attached hydrogens (tertiary/aromatic N) is 2. The molecule has 1 aromatic rings. The van der Waals surface area contributed by atoms with E-state index in [2.05, 4.69) is 14.9 Å². The zero-order valence-corrected chi connectivity index (χ0v) is 11.3. The van der Waals surface area contributed by atoms with Crippen LogP contribution in [0.2, 0.25) is 0 Å². The van der Waals surface area contributed by atoms with Crippen molar-refractivity contribution in [3.05, 3.63) is 34.9 Å². The van der Waals surface area contributed by atoms with Gasteiger partial charge in [-0.25, -0.2) is 0 Å². The molecule has 1 amide bonds.